The van der Waals surface area contributed by atoms with E-state index in [-0.39, 0.29) is 11.2 Å². The molecule has 2 aromatic rings. The number of aromatic nitrogens is 3. The average molecular weight is 350 g/mol. The molecule has 3 nitrogen and oxygen atoms in total. The molecule has 1 aromatic heterocycles. The molecule has 4 rings (SSSR count). The number of aryl methyl sites for hydroxylation is 1. The number of nitrogens with zero attached hydrogens (tertiary/aromatic N) is 3. The van der Waals surface area contributed by atoms with Crippen LogP contribution >= 0.6 is 15.9 Å². The highest BCUT2D eigenvalue weighted by Crippen LogP contribution is 2.66. The van der Waals surface area contributed by atoms with Crippen molar-refractivity contribution in [1.29, 1.82) is 0 Å². The molecule has 0 saturated heterocycles. The van der Waals surface area contributed by atoms with E-state index in [9.17, 15) is 4.39 Å². The summed E-state index contributed by atoms with van der Waals surface area (Å²) in [7, 11) is 1.99. The fraction of sp³-hybridized carbons (Fsp3) is 0.500. The monoisotopic (exact) mass is 349 g/mol. The summed E-state index contributed by atoms with van der Waals surface area (Å²) < 4.78 is 16.1. The quantitative estimate of drug-likeness (QED) is 0.821. The lowest BCUT2D eigenvalue weighted by molar-refractivity contribution is -0.0346. The van der Waals surface area contributed by atoms with E-state index in [1.807, 2.05) is 23.7 Å². The standard InChI is InChI=1S/C16H17BrFN3/c1-21-10-19-20-14(21)16(8-15(9-16)5-2-6-15)11-3-4-13(18)12(17)7-11/h3-4,7,10H,2,5-6,8-9H2,1H3. The Bertz CT molecular complexity index is 697. The molecule has 21 heavy (non-hydrogen) atoms. The Morgan fingerprint density at radius 3 is 2.57 bits per heavy atom. The van der Waals surface area contributed by atoms with Gasteiger partial charge < -0.3 is 4.57 Å². The second kappa shape index (κ2) is 4.38. The van der Waals surface area contributed by atoms with Crippen LogP contribution in [0.5, 0.6) is 0 Å². The van der Waals surface area contributed by atoms with Crippen molar-refractivity contribution in [1.82, 2.24) is 14.8 Å². The fourth-order valence-corrected chi connectivity index (χ4v) is 4.64. The Balaban J connectivity index is 1.81. The van der Waals surface area contributed by atoms with E-state index in [1.54, 1.807) is 12.4 Å². The molecule has 2 aliphatic carbocycles. The lowest BCUT2D eigenvalue weighted by atomic mass is 9.43. The van der Waals surface area contributed by atoms with E-state index in [4.69, 9.17) is 0 Å². The molecule has 0 unspecified atom stereocenters. The Morgan fingerprint density at radius 2 is 2.05 bits per heavy atom. The van der Waals surface area contributed by atoms with Crippen LogP contribution in [0.3, 0.4) is 0 Å². The molecule has 0 N–H and O–H groups in total. The van der Waals surface area contributed by atoms with Crippen LogP contribution in [-0.4, -0.2) is 14.8 Å². The second-order valence-electron chi connectivity index (χ2n) is 6.68. The second-order valence-corrected chi connectivity index (χ2v) is 7.54. The molecule has 2 aliphatic rings. The predicted molar refractivity (Wildman–Crippen MR) is 81.4 cm³/mol. The Labute approximate surface area is 131 Å². The molecule has 5 heteroatoms. The van der Waals surface area contributed by atoms with Crippen molar-refractivity contribution in [2.75, 3.05) is 0 Å². The molecule has 1 aromatic carbocycles. The van der Waals surface area contributed by atoms with Gasteiger partial charge in [-0.15, -0.1) is 10.2 Å². The number of rotatable bonds is 2. The first-order chi connectivity index (χ1) is 10.0. The first kappa shape index (κ1) is 13.4. The fourth-order valence-electron chi connectivity index (χ4n) is 4.26. The summed E-state index contributed by atoms with van der Waals surface area (Å²) in [6.45, 7) is 0. The lowest BCUT2D eigenvalue weighted by Crippen LogP contribution is -2.54. The summed E-state index contributed by atoms with van der Waals surface area (Å²) in [6.07, 6.45) is 7.92. The molecule has 0 amide bonds. The molecule has 1 spiro atoms. The highest BCUT2D eigenvalue weighted by molar-refractivity contribution is 9.10. The van der Waals surface area contributed by atoms with Gasteiger partial charge in [-0.2, -0.15) is 0 Å². The summed E-state index contributed by atoms with van der Waals surface area (Å²) in [4.78, 5) is 0. The molecular weight excluding hydrogens is 333 g/mol. The van der Waals surface area contributed by atoms with Crippen molar-refractivity contribution in [3.8, 4) is 0 Å². The van der Waals surface area contributed by atoms with Crippen molar-refractivity contribution in [3.63, 3.8) is 0 Å². The van der Waals surface area contributed by atoms with Gasteiger partial charge in [-0.25, -0.2) is 4.39 Å². The minimum absolute atomic E-state index is 0.109. The minimum atomic E-state index is -0.218. The smallest absolute Gasteiger partial charge is 0.143 e. The van der Waals surface area contributed by atoms with E-state index in [0.717, 1.165) is 24.2 Å². The normalized spacial score (nSPS) is 21.9. The van der Waals surface area contributed by atoms with Crippen molar-refractivity contribution in [2.24, 2.45) is 12.5 Å². The van der Waals surface area contributed by atoms with Crippen molar-refractivity contribution in [2.45, 2.75) is 37.5 Å². The summed E-state index contributed by atoms with van der Waals surface area (Å²) in [5.74, 6) is 0.781. The summed E-state index contributed by atoms with van der Waals surface area (Å²) in [6, 6.07) is 5.36. The van der Waals surface area contributed by atoms with Gasteiger partial charge in [0.05, 0.1) is 9.89 Å². The maximum absolute atomic E-state index is 13.6. The van der Waals surface area contributed by atoms with E-state index < -0.39 is 0 Å². The number of hydrogen-bond donors (Lipinski definition) is 0. The van der Waals surface area contributed by atoms with Gasteiger partial charge in [0.15, 0.2) is 0 Å². The first-order valence-electron chi connectivity index (χ1n) is 7.35. The predicted octanol–water partition coefficient (Wildman–Crippen LogP) is 3.97. The maximum Gasteiger partial charge on any atom is 0.143 e. The molecule has 2 saturated carbocycles. The molecule has 0 atom stereocenters. The van der Waals surface area contributed by atoms with Crippen LogP contribution in [0, 0.1) is 11.2 Å². The van der Waals surface area contributed by atoms with Crippen molar-refractivity contribution >= 4 is 15.9 Å². The molecular formula is C16H17BrFN3. The van der Waals surface area contributed by atoms with Gasteiger partial charge in [-0.1, -0.05) is 12.5 Å². The zero-order valence-electron chi connectivity index (χ0n) is 11.9. The molecule has 2 fully saturated rings. The van der Waals surface area contributed by atoms with Crippen molar-refractivity contribution in [3.05, 3.63) is 46.2 Å². The van der Waals surface area contributed by atoms with E-state index >= 15 is 0 Å². The van der Waals surface area contributed by atoms with Crippen LogP contribution in [-0.2, 0) is 12.5 Å². The average Bonchev–Trinajstić information content (AvgIpc) is 2.78. The zero-order valence-corrected chi connectivity index (χ0v) is 13.5. The maximum atomic E-state index is 13.6. The third kappa shape index (κ3) is 1.83. The lowest BCUT2D eigenvalue weighted by Gasteiger charge is -2.60. The number of hydrogen-bond acceptors (Lipinski definition) is 2. The third-order valence-electron chi connectivity index (χ3n) is 5.38. The van der Waals surface area contributed by atoms with E-state index in [0.29, 0.717) is 9.89 Å². The Kier molecular flexibility index (Phi) is 2.80. The van der Waals surface area contributed by atoms with Gasteiger partial charge in [0.25, 0.3) is 0 Å². The molecule has 0 radical (unpaired) electrons. The van der Waals surface area contributed by atoms with Crippen molar-refractivity contribution < 1.29 is 4.39 Å². The molecule has 0 bridgehead atoms. The highest BCUT2D eigenvalue weighted by atomic mass is 79.9. The van der Waals surface area contributed by atoms with Crippen LogP contribution in [0.25, 0.3) is 0 Å². The Morgan fingerprint density at radius 1 is 1.29 bits per heavy atom. The largest absolute Gasteiger partial charge is 0.320 e. The summed E-state index contributed by atoms with van der Waals surface area (Å²) in [5.41, 5.74) is 1.53. The molecule has 1 heterocycles. The zero-order chi connectivity index (χ0) is 14.7. The van der Waals surface area contributed by atoms with Crippen LogP contribution in [0.2, 0.25) is 0 Å². The van der Waals surface area contributed by atoms with Crippen LogP contribution in [0.1, 0.15) is 43.5 Å². The van der Waals surface area contributed by atoms with Gasteiger partial charge in [0.1, 0.15) is 18.0 Å². The van der Waals surface area contributed by atoms with Gasteiger partial charge in [-0.3, -0.25) is 0 Å². The first-order valence-corrected chi connectivity index (χ1v) is 8.14. The van der Waals surface area contributed by atoms with Gasteiger partial charge >= 0.3 is 0 Å². The number of halogens is 2. The molecule has 110 valence electrons. The SMILES string of the molecule is Cn1cnnc1C1(c2ccc(F)c(Br)c2)CC2(CCC2)C1. The summed E-state index contributed by atoms with van der Waals surface area (Å²) >= 11 is 3.32. The Hall–Kier alpha value is -1.23. The van der Waals surface area contributed by atoms with E-state index in [1.165, 1.54) is 19.3 Å². The van der Waals surface area contributed by atoms with Crippen LogP contribution < -0.4 is 0 Å². The van der Waals surface area contributed by atoms with Gasteiger partial charge in [0, 0.05) is 7.05 Å². The topological polar surface area (TPSA) is 30.7 Å². The van der Waals surface area contributed by atoms with Crippen LogP contribution in [0.4, 0.5) is 4.39 Å². The van der Waals surface area contributed by atoms with E-state index in [2.05, 4.69) is 26.1 Å². The molecule has 0 aliphatic heterocycles. The highest BCUT2D eigenvalue weighted by Gasteiger charge is 2.60. The van der Waals surface area contributed by atoms with Gasteiger partial charge in [0.2, 0.25) is 0 Å². The minimum Gasteiger partial charge on any atom is -0.320 e. The summed E-state index contributed by atoms with van der Waals surface area (Å²) in [5, 5.41) is 8.42. The van der Waals surface area contributed by atoms with Crippen LogP contribution in [0.15, 0.2) is 29.0 Å². The number of benzene rings is 1. The van der Waals surface area contributed by atoms with Gasteiger partial charge in [-0.05, 0) is 64.7 Å². The third-order valence-corrected chi connectivity index (χ3v) is 5.99.